The van der Waals surface area contributed by atoms with Crippen molar-refractivity contribution in [1.29, 1.82) is 0 Å². The molecular formula is C12H16O3S. The van der Waals surface area contributed by atoms with Crippen molar-refractivity contribution < 1.29 is 13.2 Å². The minimum Gasteiger partial charge on any atom is -0.299 e. The summed E-state index contributed by atoms with van der Waals surface area (Å²) in [4.78, 5) is 11.5. The van der Waals surface area contributed by atoms with Crippen molar-refractivity contribution in [2.45, 2.75) is 31.6 Å². The van der Waals surface area contributed by atoms with E-state index in [0.717, 1.165) is 5.56 Å². The van der Waals surface area contributed by atoms with Gasteiger partial charge in [-0.2, -0.15) is 0 Å². The van der Waals surface area contributed by atoms with Crippen LogP contribution in [0, 0.1) is 0 Å². The quantitative estimate of drug-likeness (QED) is 0.810. The van der Waals surface area contributed by atoms with Crippen LogP contribution < -0.4 is 0 Å². The molecule has 1 aromatic rings. The van der Waals surface area contributed by atoms with E-state index in [0.29, 0.717) is 4.90 Å². The topological polar surface area (TPSA) is 51.2 Å². The van der Waals surface area contributed by atoms with Crippen molar-refractivity contribution in [2.75, 3.05) is 5.75 Å². The van der Waals surface area contributed by atoms with E-state index in [9.17, 15) is 13.2 Å². The highest BCUT2D eigenvalue weighted by Crippen LogP contribution is 2.19. The minimum absolute atomic E-state index is 0.0751. The van der Waals surface area contributed by atoms with Crippen LogP contribution >= 0.6 is 0 Å². The van der Waals surface area contributed by atoms with E-state index in [-0.39, 0.29) is 17.5 Å². The van der Waals surface area contributed by atoms with Crippen molar-refractivity contribution in [2.24, 2.45) is 0 Å². The Balaban J connectivity index is 3.05. The number of carbonyl (C=O) groups is 1. The standard InChI is InChI=1S/C12H16O3S/c1-4-16(14,15)12-7-5-11(6-8-12)9(2)10(3)13/h5-9H,4H2,1-3H3. The van der Waals surface area contributed by atoms with Gasteiger partial charge in [0.2, 0.25) is 0 Å². The molecule has 88 valence electrons. The lowest BCUT2D eigenvalue weighted by Gasteiger charge is -2.08. The number of sulfone groups is 1. The molecule has 0 saturated heterocycles. The van der Waals surface area contributed by atoms with Gasteiger partial charge in [-0.3, -0.25) is 4.79 Å². The summed E-state index contributed by atoms with van der Waals surface area (Å²) in [5.41, 5.74) is 0.850. The summed E-state index contributed by atoms with van der Waals surface area (Å²) in [7, 11) is -3.15. The molecule has 3 nitrogen and oxygen atoms in total. The molecule has 4 heteroatoms. The number of hydrogen-bond donors (Lipinski definition) is 0. The fourth-order valence-corrected chi connectivity index (χ4v) is 2.25. The first kappa shape index (κ1) is 12.9. The molecule has 0 spiro atoms. The molecule has 1 unspecified atom stereocenters. The lowest BCUT2D eigenvalue weighted by atomic mass is 9.98. The maximum atomic E-state index is 11.5. The van der Waals surface area contributed by atoms with Crippen LogP contribution in [0.3, 0.4) is 0 Å². The number of benzene rings is 1. The zero-order valence-corrected chi connectivity index (χ0v) is 10.5. The first-order valence-electron chi connectivity index (χ1n) is 5.21. The molecule has 0 radical (unpaired) electrons. The lowest BCUT2D eigenvalue weighted by molar-refractivity contribution is -0.118. The van der Waals surface area contributed by atoms with Crippen LogP contribution in [0.25, 0.3) is 0 Å². The third-order valence-electron chi connectivity index (χ3n) is 2.73. The van der Waals surface area contributed by atoms with E-state index in [1.54, 1.807) is 31.2 Å². The van der Waals surface area contributed by atoms with Gasteiger partial charge in [-0.15, -0.1) is 0 Å². The molecular weight excluding hydrogens is 224 g/mol. The van der Waals surface area contributed by atoms with Crippen LogP contribution in [0.2, 0.25) is 0 Å². The zero-order chi connectivity index (χ0) is 12.3. The van der Waals surface area contributed by atoms with E-state index < -0.39 is 9.84 Å². The third kappa shape index (κ3) is 2.70. The van der Waals surface area contributed by atoms with Crippen LogP contribution in [0.5, 0.6) is 0 Å². The molecule has 1 atom stereocenters. The Labute approximate surface area is 96.4 Å². The first-order valence-corrected chi connectivity index (χ1v) is 6.87. The average Bonchev–Trinajstić information content (AvgIpc) is 2.28. The molecule has 16 heavy (non-hydrogen) atoms. The number of hydrogen-bond acceptors (Lipinski definition) is 3. The summed E-state index contributed by atoms with van der Waals surface area (Å²) in [5.74, 6) is -0.0151. The van der Waals surface area contributed by atoms with Crippen LogP contribution in [-0.4, -0.2) is 20.0 Å². The van der Waals surface area contributed by atoms with Crippen LogP contribution in [-0.2, 0) is 14.6 Å². The summed E-state index contributed by atoms with van der Waals surface area (Å²) >= 11 is 0. The summed E-state index contributed by atoms with van der Waals surface area (Å²) in [5, 5.41) is 0. The number of carbonyl (C=O) groups excluding carboxylic acids is 1. The Bertz CT molecular complexity index is 471. The normalized spacial score (nSPS) is 13.4. The van der Waals surface area contributed by atoms with Crippen LogP contribution in [0.1, 0.15) is 32.3 Å². The molecule has 1 rings (SSSR count). The summed E-state index contributed by atoms with van der Waals surface area (Å²) in [6.07, 6.45) is 0. The van der Waals surface area contributed by atoms with Crippen molar-refractivity contribution in [3.63, 3.8) is 0 Å². The second-order valence-electron chi connectivity index (χ2n) is 3.80. The number of ketones is 1. The highest BCUT2D eigenvalue weighted by atomic mass is 32.2. The van der Waals surface area contributed by atoms with Gasteiger partial charge in [-0.1, -0.05) is 26.0 Å². The summed E-state index contributed by atoms with van der Waals surface area (Å²) < 4.78 is 23.1. The van der Waals surface area contributed by atoms with Gasteiger partial charge in [-0.25, -0.2) is 8.42 Å². The van der Waals surface area contributed by atoms with Gasteiger partial charge < -0.3 is 0 Å². The minimum atomic E-state index is -3.15. The Morgan fingerprint density at radius 1 is 1.25 bits per heavy atom. The van der Waals surface area contributed by atoms with Crippen molar-refractivity contribution in [3.8, 4) is 0 Å². The molecule has 0 aromatic heterocycles. The SMILES string of the molecule is CCS(=O)(=O)c1ccc(C(C)C(C)=O)cc1. The predicted molar refractivity (Wildman–Crippen MR) is 63.3 cm³/mol. The number of Topliss-reactive ketones (excluding diaryl/α,β-unsaturated/α-hetero) is 1. The Morgan fingerprint density at radius 2 is 1.75 bits per heavy atom. The third-order valence-corrected chi connectivity index (χ3v) is 4.48. The molecule has 0 bridgehead atoms. The molecule has 0 heterocycles. The van der Waals surface area contributed by atoms with Crippen molar-refractivity contribution in [1.82, 2.24) is 0 Å². The molecule has 0 fully saturated rings. The highest BCUT2D eigenvalue weighted by Gasteiger charge is 2.14. The highest BCUT2D eigenvalue weighted by molar-refractivity contribution is 7.91. The van der Waals surface area contributed by atoms with Gasteiger partial charge in [0.15, 0.2) is 9.84 Å². The molecule has 0 saturated carbocycles. The first-order chi connectivity index (χ1) is 7.38. The maximum Gasteiger partial charge on any atom is 0.178 e. The predicted octanol–water partition coefficient (Wildman–Crippen LogP) is 2.17. The fourth-order valence-electron chi connectivity index (χ4n) is 1.37. The fraction of sp³-hybridized carbons (Fsp3) is 0.417. The largest absolute Gasteiger partial charge is 0.299 e. The molecule has 1 aromatic carbocycles. The molecule has 0 amide bonds. The van der Waals surface area contributed by atoms with E-state index >= 15 is 0 Å². The van der Waals surface area contributed by atoms with E-state index in [4.69, 9.17) is 0 Å². The van der Waals surface area contributed by atoms with Gasteiger partial charge in [0.1, 0.15) is 5.78 Å². The summed E-state index contributed by atoms with van der Waals surface area (Å²) in [6.45, 7) is 4.95. The molecule has 0 aliphatic rings. The van der Waals surface area contributed by atoms with Gasteiger partial charge >= 0.3 is 0 Å². The second-order valence-corrected chi connectivity index (χ2v) is 6.08. The Kier molecular flexibility index (Phi) is 3.86. The summed E-state index contributed by atoms with van der Waals surface area (Å²) in [6, 6.07) is 6.53. The second kappa shape index (κ2) is 4.78. The van der Waals surface area contributed by atoms with E-state index in [2.05, 4.69) is 0 Å². The number of rotatable bonds is 4. The van der Waals surface area contributed by atoms with Crippen molar-refractivity contribution in [3.05, 3.63) is 29.8 Å². The van der Waals surface area contributed by atoms with Gasteiger partial charge in [0, 0.05) is 5.92 Å². The van der Waals surface area contributed by atoms with Crippen LogP contribution in [0.4, 0.5) is 0 Å². The molecule has 0 N–H and O–H groups in total. The van der Waals surface area contributed by atoms with Gasteiger partial charge in [0.05, 0.1) is 10.6 Å². The Morgan fingerprint density at radius 3 is 2.12 bits per heavy atom. The average molecular weight is 240 g/mol. The van der Waals surface area contributed by atoms with Crippen LogP contribution in [0.15, 0.2) is 29.2 Å². The lowest BCUT2D eigenvalue weighted by Crippen LogP contribution is -2.06. The maximum absolute atomic E-state index is 11.5. The zero-order valence-electron chi connectivity index (χ0n) is 9.73. The monoisotopic (exact) mass is 240 g/mol. The smallest absolute Gasteiger partial charge is 0.178 e. The molecule has 0 aliphatic heterocycles. The molecule has 0 aliphatic carbocycles. The Hall–Kier alpha value is -1.16. The van der Waals surface area contributed by atoms with Crippen molar-refractivity contribution >= 4 is 15.6 Å². The van der Waals surface area contributed by atoms with E-state index in [1.165, 1.54) is 6.92 Å². The van der Waals surface area contributed by atoms with Gasteiger partial charge in [0.25, 0.3) is 0 Å². The van der Waals surface area contributed by atoms with Gasteiger partial charge in [-0.05, 0) is 24.6 Å². The van der Waals surface area contributed by atoms with E-state index in [1.807, 2.05) is 6.92 Å².